The Morgan fingerprint density at radius 3 is 2.45 bits per heavy atom. The monoisotopic (exact) mass is 468 g/mol. The first kappa shape index (κ1) is 22.8. The third kappa shape index (κ3) is 7.40. The molecule has 6 nitrogen and oxygen atoms in total. The largest absolute Gasteiger partial charge is 0.433 e. The Morgan fingerprint density at radius 1 is 1.06 bits per heavy atom. The number of rotatable bonds is 7. The van der Waals surface area contributed by atoms with Gasteiger partial charge in [-0.3, -0.25) is 0 Å². The molecular weight excluding hydrogens is 452 g/mol. The Balaban J connectivity index is 1.60. The van der Waals surface area contributed by atoms with Crippen LogP contribution in [-0.2, 0) is 12.6 Å². The lowest BCUT2D eigenvalue weighted by atomic mass is 10.1. The first-order chi connectivity index (χ1) is 14.8. The molecule has 3 aromatic rings. The van der Waals surface area contributed by atoms with E-state index in [1.165, 1.54) is 24.5 Å². The lowest BCUT2D eigenvalue weighted by Gasteiger charge is -2.12. The number of anilines is 1. The number of nitrogens with one attached hydrogen (secondary N) is 2. The summed E-state index contributed by atoms with van der Waals surface area (Å²) in [6.07, 6.45) is -0.329. The van der Waals surface area contributed by atoms with Crippen LogP contribution >= 0.6 is 24.0 Å². The minimum atomic E-state index is -4.66. The quantitative estimate of drug-likeness (QED) is 0.173. The zero-order valence-corrected chi connectivity index (χ0v) is 17.5. The number of alkyl halides is 3. The number of benzene rings is 1. The molecule has 0 fully saturated rings. The zero-order chi connectivity index (χ0) is 22.3. The Hall–Kier alpha value is -2.86. The molecule has 0 spiro atoms. The summed E-state index contributed by atoms with van der Waals surface area (Å²) in [5.74, 6) is -0.589. The molecule has 2 aromatic heterocycles. The zero-order valence-electron chi connectivity index (χ0n) is 15.9. The first-order valence-corrected chi connectivity index (χ1v) is 10.2. The Kier molecular flexibility index (Phi) is 7.69. The molecule has 0 radical (unpaired) electrons. The molecule has 0 aliphatic heterocycles. The van der Waals surface area contributed by atoms with Crippen molar-refractivity contribution in [3.63, 3.8) is 0 Å². The van der Waals surface area contributed by atoms with E-state index in [1.807, 2.05) is 0 Å². The molecule has 2 N–H and O–H groups in total. The molecule has 0 saturated carbocycles. The van der Waals surface area contributed by atoms with E-state index in [-0.39, 0.29) is 27.1 Å². The summed E-state index contributed by atoms with van der Waals surface area (Å²) >= 11 is 6.00. The topological polar surface area (TPSA) is 75.6 Å². The van der Waals surface area contributed by atoms with Crippen LogP contribution in [-0.4, -0.2) is 31.6 Å². The van der Waals surface area contributed by atoms with E-state index in [0.29, 0.717) is 19.4 Å². The van der Waals surface area contributed by atoms with Crippen LogP contribution in [0.4, 0.5) is 23.5 Å². The average Bonchev–Trinajstić information content (AvgIpc) is 2.72. The lowest BCUT2D eigenvalue weighted by Crippen LogP contribution is -2.30. The van der Waals surface area contributed by atoms with Gasteiger partial charge in [-0.25, -0.2) is 24.3 Å². The van der Waals surface area contributed by atoms with Crippen LogP contribution in [0.15, 0.2) is 59.0 Å². The summed E-state index contributed by atoms with van der Waals surface area (Å²) in [5, 5.41) is 5.84. The number of aryl methyl sites for hydroxylation is 1. The van der Waals surface area contributed by atoms with Crippen LogP contribution in [0.25, 0.3) is 0 Å². The number of aromatic nitrogens is 4. The van der Waals surface area contributed by atoms with Gasteiger partial charge in [0.25, 0.3) is 0 Å². The van der Waals surface area contributed by atoms with Gasteiger partial charge in [0.05, 0.1) is 0 Å². The average molecular weight is 469 g/mol. The summed E-state index contributed by atoms with van der Waals surface area (Å²) in [6, 6.07) is 8.58. The number of hydrogen-bond donors (Lipinski definition) is 2. The maximum atomic E-state index is 13.2. The van der Waals surface area contributed by atoms with Crippen molar-refractivity contribution in [1.82, 2.24) is 25.3 Å². The minimum absolute atomic E-state index is 0.0233. The molecule has 1 aromatic carbocycles. The predicted molar refractivity (Wildman–Crippen MR) is 112 cm³/mol. The number of halogens is 4. The summed E-state index contributed by atoms with van der Waals surface area (Å²) < 4.78 is 52.6. The van der Waals surface area contributed by atoms with Crippen LogP contribution in [0.5, 0.6) is 0 Å². The van der Waals surface area contributed by atoms with Crippen molar-refractivity contribution in [3.8, 4) is 0 Å². The molecule has 31 heavy (non-hydrogen) atoms. The lowest BCUT2D eigenvalue weighted by molar-refractivity contribution is -0.141. The SMILES string of the molecule is Fc1ccc(CCCNC(=S)Nc2nc(Sc3ncccn3)cc(C(F)(F)F)n2)cc1. The van der Waals surface area contributed by atoms with Gasteiger partial charge in [-0.1, -0.05) is 12.1 Å². The molecule has 0 aliphatic rings. The molecule has 0 aliphatic carbocycles. The second kappa shape index (κ2) is 10.4. The Bertz CT molecular complexity index is 1020. The highest BCUT2D eigenvalue weighted by atomic mass is 32.2. The molecule has 0 saturated heterocycles. The van der Waals surface area contributed by atoms with Gasteiger partial charge in [0.15, 0.2) is 16.0 Å². The van der Waals surface area contributed by atoms with E-state index in [0.717, 1.165) is 23.4 Å². The molecule has 0 unspecified atom stereocenters. The van der Waals surface area contributed by atoms with Gasteiger partial charge in [-0.05, 0) is 60.6 Å². The van der Waals surface area contributed by atoms with Gasteiger partial charge in [0.2, 0.25) is 5.95 Å². The second-order valence-electron chi connectivity index (χ2n) is 6.16. The van der Waals surface area contributed by atoms with Gasteiger partial charge in [0, 0.05) is 25.0 Å². The first-order valence-electron chi connectivity index (χ1n) is 9.00. The Morgan fingerprint density at radius 2 is 1.77 bits per heavy atom. The van der Waals surface area contributed by atoms with Gasteiger partial charge >= 0.3 is 6.18 Å². The normalized spacial score (nSPS) is 11.2. The molecule has 12 heteroatoms. The van der Waals surface area contributed by atoms with Crippen molar-refractivity contribution < 1.29 is 17.6 Å². The standard InChI is InChI=1S/C19H16F4N6S2/c20-13-6-4-12(5-7-13)3-1-8-24-17(30)29-16-27-14(19(21,22)23)11-15(28-16)31-18-25-9-2-10-26-18/h2,4-7,9-11H,1,3,8H2,(H2,24,27,28,29,30). The van der Waals surface area contributed by atoms with E-state index >= 15 is 0 Å². The maximum absolute atomic E-state index is 13.2. The van der Waals surface area contributed by atoms with Crippen LogP contribution in [0.2, 0.25) is 0 Å². The highest BCUT2D eigenvalue weighted by Gasteiger charge is 2.34. The number of nitrogens with zero attached hydrogens (tertiary/aromatic N) is 4. The van der Waals surface area contributed by atoms with E-state index < -0.39 is 11.9 Å². The fourth-order valence-corrected chi connectivity index (χ4v) is 3.31. The summed E-state index contributed by atoms with van der Waals surface area (Å²) in [4.78, 5) is 15.5. The van der Waals surface area contributed by atoms with Gasteiger partial charge in [0.1, 0.15) is 10.8 Å². The van der Waals surface area contributed by atoms with E-state index in [1.54, 1.807) is 18.2 Å². The molecule has 162 valence electrons. The van der Waals surface area contributed by atoms with Gasteiger partial charge in [-0.2, -0.15) is 13.2 Å². The highest BCUT2D eigenvalue weighted by Crippen LogP contribution is 2.32. The smallest absolute Gasteiger partial charge is 0.362 e. The van der Waals surface area contributed by atoms with Crippen LogP contribution in [0.3, 0.4) is 0 Å². The summed E-state index contributed by atoms with van der Waals surface area (Å²) in [5.41, 5.74) is -0.143. The van der Waals surface area contributed by atoms with Crippen molar-refractivity contribution in [2.24, 2.45) is 0 Å². The van der Waals surface area contributed by atoms with Gasteiger partial charge < -0.3 is 10.6 Å². The van der Waals surface area contributed by atoms with Crippen molar-refractivity contribution in [2.75, 3.05) is 11.9 Å². The molecule has 0 atom stereocenters. The molecule has 2 heterocycles. The third-order valence-corrected chi connectivity index (χ3v) is 4.86. The fraction of sp³-hybridized carbons (Fsp3) is 0.211. The number of hydrogen-bond acceptors (Lipinski definition) is 6. The van der Waals surface area contributed by atoms with E-state index in [9.17, 15) is 17.6 Å². The van der Waals surface area contributed by atoms with Crippen molar-refractivity contribution in [2.45, 2.75) is 29.2 Å². The number of thiocarbonyl (C=S) groups is 1. The van der Waals surface area contributed by atoms with E-state index in [4.69, 9.17) is 12.2 Å². The van der Waals surface area contributed by atoms with Gasteiger partial charge in [-0.15, -0.1) is 0 Å². The Labute approximate surface area is 184 Å². The predicted octanol–water partition coefficient (Wildman–Crippen LogP) is 4.49. The summed E-state index contributed by atoms with van der Waals surface area (Å²) in [7, 11) is 0. The highest BCUT2D eigenvalue weighted by molar-refractivity contribution is 7.99. The van der Waals surface area contributed by atoms with Crippen LogP contribution in [0.1, 0.15) is 17.7 Å². The van der Waals surface area contributed by atoms with E-state index in [2.05, 4.69) is 30.6 Å². The van der Waals surface area contributed by atoms with Crippen LogP contribution < -0.4 is 10.6 Å². The van der Waals surface area contributed by atoms with Crippen LogP contribution in [0, 0.1) is 5.82 Å². The molecule has 0 amide bonds. The molecule has 3 rings (SSSR count). The van der Waals surface area contributed by atoms with Crippen molar-refractivity contribution >= 4 is 35.0 Å². The minimum Gasteiger partial charge on any atom is -0.362 e. The third-order valence-electron chi connectivity index (χ3n) is 3.80. The fourth-order valence-electron chi connectivity index (χ4n) is 2.40. The molecule has 0 bridgehead atoms. The van der Waals surface area contributed by atoms with Crippen molar-refractivity contribution in [1.29, 1.82) is 0 Å². The van der Waals surface area contributed by atoms with Crippen molar-refractivity contribution in [3.05, 3.63) is 65.9 Å². The summed E-state index contributed by atoms with van der Waals surface area (Å²) in [6.45, 7) is 0.460. The second-order valence-corrected chi connectivity index (χ2v) is 7.55. The molecular formula is C19H16F4N6S2. The maximum Gasteiger partial charge on any atom is 0.433 e.